The lowest BCUT2D eigenvalue weighted by atomic mass is 9.98. The molecule has 0 saturated carbocycles. The molecule has 0 spiro atoms. The van der Waals surface area contributed by atoms with Crippen molar-refractivity contribution >= 4 is 17.7 Å². The maximum absolute atomic E-state index is 11.8. The van der Waals surface area contributed by atoms with Crippen molar-refractivity contribution < 1.29 is 28.5 Å². The van der Waals surface area contributed by atoms with E-state index in [0.29, 0.717) is 18.5 Å². The number of carbonyl (C=O) groups is 1. The van der Waals surface area contributed by atoms with Crippen molar-refractivity contribution in [2.45, 2.75) is 62.2 Å². The number of esters is 1. The predicted octanol–water partition coefficient (Wildman–Crippen LogP) is 3.47. The van der Waals surface area contributed by atoms with E-state index in [9.17, 15) is 4.79 Å². The second-order valence-corrected chi connectivity index (χ2v) is 8.74. The summed E-state index contributed by atoms with van der Waals surface area (Å²) in [4.78, 5) is 11.8. The van der Waals surface area contributed by atoms with Gasteiger partial charge >= 0.3 is 5.97 Å². The van der Waals surface area contributed by atoms with E-state index in [0.717, 1.165) is 5.56 Å². The minimum absolute atomic E-state index is 0.294. The highest BCUT2D eigenvalue weighted by molar-refractivity contribution is 8.00. The second-order valence-electron chi connectivity index (χ2n) is 7.07. The van der Waals surface area contributed by atoms with Gasteiger partial charge in [-0.2, -0.15) is 0 Å². The first-order valence-electron chi connectivity index (χ1n) is 9.52. The summed E-state index contributed by atoms with van der Waals surface area (Å²) in [6.07, 6.45) is -0.639. The number of benzene rings is 1. The van der Waals surface area contributed by atoms with Crippen molar-refractivity contribution in [3.05, 3.63) is 48.6 Å². The first-order valence-corrected chi connectivity index (χ1v) is 10.5. The molecule has 0 amide bonds. The fourth-order valence-electron chi connectivity index (χ4n) is 3.39. The SMILES string of the molecule is C=CCO[C@H]1[C@H]2OC(c3ccccc3)OC[C@H]2O[C@@H](SC(C)C)[C@@H]1OC(C)=O. The van der Waals surface area contributed by atoms with Crippen LogP contribution in [0.25, 0.3) is 0 Å². The molecule has 0 aliphatic carbocycles. The van der Waals surface area contributed by atoms with Crippen molar-refractivity contribution in [3.63, 3.8) is 0 Å². The van der Waals surface area contributed by atoms with E-state index >= 15 is 0 Å². The molecule has 7 heteroatoms. The van der Waals surface area contributed by atoms with E-state index in [1.54, 1.807) is 17.8 Å². The van der Waals surface area contributed by atoms with Gasteiger partial charge in [-0.3, -0.25) is 4.79 Å². The van der Waals surface area contributed by atoms with E-state index < -0.39 is 24.6 Å². The molecule has 0 bridgehead atoms. The zero-order valence-electron chi connectivity index (χ0n) is 16.5. The van der Waals surface area contributed by atoms with E-state index in [4.69, 9.17) is 23.7 Å². The zero-order chi connectivity index (χ0) is 20.1. The number of ether oxygens (including phenoxy) is 5. The average Bonchev–Trinajstić information content (AvgIpc) is 2.67. The second kappa shape index (κ2) is 9.89. The number of hydrogen-bond acceptors (Lipinski definition) is 7. The Bertz CT molecular complexity index is 652. The Morgan fingerprint density at radius 3 is 2.68 bits per heavy atom. The summed E-state index contributed by atoms with van der Waals surface area (Å²) in [6.45, 7) is 9.97. The average molecular weight is 409 g/mol. The molecular weight excluding hydrogens is 380 g/mol. The van der Waals surface area contributed by atoms with Gasteiger partial charge in [-0.1, -0.05) is 50.3 Å². The Morgan fingerprint density at radius 2 is 2.04 bits per heavy atom. The summed E-state index contributed by atoms with van der Waals surface area (Å²) in [6, 6.07) is 9.73. The Kier molecular flexibility index (Phi) is 7.54. The number of hydrogen-bond donors (Lipinski definition) is 0. The van der Waals surface area contributed by atoms with Gasteiger partial charge in [0.25, 0.3) is 0 Å². The first-order chi connectivity index (χ1) is 13.5. The highest BCUT2D eigenvalue weighted by Gasteiger charge is 2.52. The molecule has 0 radical (unpaired) electrons. The molecule has 1 aromatic rings. The molecule has 154 valence electrons. The summed E-state index contributed by atoms with van der Waals surface area (Å²) < 4.78 is 30.1. The third-order valence-corrected chi connectivity index (χ3v) is 5.66. The van der Waals surface area contributed by atoms with Crippen molar-refractivity contribution in [3.8, 4) is 0 Å². The van der Waals surface area contributed by atoms with Crippen LogP contribution in [0, 0.1) is 0 Å². The van der Waals surface area contributed by atoms with Gasteiger partial charge in [-0.15, -0.1) is 18.3 Å². The van der Waals surface area contributed by atoms with E-state index in [1.165, 1.54) is 6.92 Å². The van der Waals surface area contributed by atoms with Gasteiger partial charge < -0.3 is 23.7 Å². The largest absolute Gasteiger partial charge is 0.456 e. The molecule has 1 aromatic carbocycles. The van der Waals surface area contributed by atoms with Crippen LogP contribution < -0.4 is 0 Å². The molecule has 0 aromatic heterocycles. The third kappa shape index (κ3) is 5.15. The lowest BCUT2D eigenvalue weighted by Crippen LogP contribution is -2.62. The van der Waals surface area contributed by atoms with E-state index in [1.807, 2.05) is 30.3 Å². The summed E-state index contributed by atoms with van der Waals surface area (Å²) >= 11 is 1.60. The van der Waals surface area contributed by atoms with Gasteiger partial charge in [0, 0.05) is 17.7 Å². The number of thioether (sulfide) groups is 1. The molecule has 6 nitrogen and oxygen atoms in total. The summed E-state index contributed by atoms with van der Waals surface area (Å²) in [5, 5.41) is 0.294. The van der Waals surface area contributed by atoms with E-state index in [-0.39, 0.29) is 17.5 Å². The Hall–Kier alpha value is -1.38. The van der Waals surface area contributed by atoms with Crippen LogP contribution in [0.5, 0.6) is 0 Å². The fraction of sp³-hybridized carbons (Fsp3) is 0.571. The maximum Gasteiger partial charge on any atom is 0.303 e. The maximum atomic E-state index is 11.8. The highest BCUT2D eigenvalue weighted by atomic mass is 32.2. The number of rotatable bonds is 7. The smallest absolute Gasteiger partial charge is 0.303 e. The lowest BCUT2D eigenvalue weighted by Gasteiger charge is -2.48. The summed E-state index contributed by atoms with van der Waals surface area (Å²) in [5.41, 5.74) is 0.562. The first kappa shape index (κ1) is 21.3. The topological polar surface area (TPSA) is 63.2 Å². The molecule has 6 atom stereocenters. The summed E-state index contributed by atoms with van der Waals surface area (Å²) in [7, 11) is 0. The van der Waals surface area contributed by atoms with Crippen LogP contribution in [0.15, 0.2) is 43.0 Å². The standard InChI is InChI=1S/C21H28O6S/c1-5-11-23-18-17-16(12-24-20(27-17)15-9-7-6-8-10-15)26-21(28-13(2)3)19(18)25-14(4)22/h5-10,13,16-21H,1,11-12H2,2-4H3/t16-,17+,18+,19-,20?,21+/m1/s1. The quantitative estimate of drug-likeness (QED) is 0.506. The van der Waals surface area contributed by atoms with Gasteiger partial charge in [0.1, 0.15) is 23.7 Å². The van der Waals surface area contributed by atoms with E-state index in [2.05, 4.69) is 20.4 Å². The molecule has 2 saturated heterocycles. The van der Waals surface area contributed by atoms with Crippen LogP contribution in [-0.2, 0) is 28.5 Å². The molecule has 2 aliphatic rings. The van der Waals surface area contributed by atoms with Crippen LogP contribution in [0.2, 0.25) is 0 Å². The Balaban J connectivity index is 1.85. The lowest BCUT2D eigenvalue weighted by molar-refractivity contribution is -0.323. The Labute approximate surface area is 170 Å². The van der Waals surface area contributed by atoms with Crippen LogP contribution in [0.3, 0.4) is 0 Å². The van der Waals surface area contributed by atoms with Gasteiger partial charge in [0.05, 0.1) is 13.2 Å². The molecular formula is C21H28O6S. The predicted molar refractivity (Wildman–Crippen MR) is 107 cm³/mol. The fourth-order valence-corrected chi connectivity index (χ4v) is 4.50. The van der Waals surface area contributed by atoms with Gasteiger partial charge in [-0.25, -0.2) is 0 Å². The molecule has 2 heterocycles. The van der Waals surface area contributed by atoms with Crippen molar-refractivity contribution in [1.82, 2.24) is 0 Å². The molecule has 3 rings (SSSR count). The molecule has 2 aliphatic heterocycles. The molecule has 0 N–H and O–H groups in total. The summed E-state index contributed by atoms with van der Waals surface area (Å²) in [5.74, 6) is -0.375. The van der Waals surface area contributed by atoms with Crippen molar-refractivity contribution in [2.24, 2.45) is 0 Å². The van der Waals surface area contributed by atoms with Crippen LogP contribution in [0.4, 0.5) is 0 Å². The third-order valence-electron chi connectivity index (χ3n) is 4.47. The monoisotopic (exact) mass is 408 g/mol. The van der Waals surface area contributed by atoms with Gasteiger partial charge in [-0.05, 0) is 0 Å². The van der Waals surface area contributed by atoms with Crippen LogP contribution in [0.1, 0.15) is 32.6 Å². The normalized spacial score (nSPS) is 32.6. The van der Waals surface area contributed by atoms with Crippen LogP contribution >= 0.6 is 11.8 Å². The van der Waals surface area contributed by atoms with Crippen LogP contribution in [-0.4, -0.2) is 54.3 Å². The number of carbonyl (C=O) groups excluding carboxylic acids is 1. The van der Waals surface area contributed by atoms with Crippen molar-refractivity contribution in [2.75, 3.05) is 13.2 Å². The molecule has 28 heavy (non-hydrogen) atoms. The van der Waals surface area contributed by atoms with Gasteiger partial charge in [0.2, 0.25) is 0 Å². The number of fused-ring (bicyclic) bond motifs is 1. The van der Waals surface area contributed by atoms with Crippen molar-refractivity contribution in [1.29, 1.82) is 0 Å². The minimum Gasteiger partial charge on any atom is -0.456 e. The highest BCUT2D eigenvalue weighted by Crippen LogP contribution is 2.40. The zero-order valence-corrected chi connectivity index (χ0v) is 17.3. The molecule has 2 fully saturated rings. The minimum atomic E-state index is -0.583. The Morgan fingerprint density at radius 1 is 1.29 bits per heavy atom. The molecule has 1 unspecified atom stereocenters. The van der Waals surface area contributed by atoms with Gasteiger partial charge in [0.15, 0.2) is 12.4 Å².